The number of carbonyl (C=O) groups excluding carboxylic acids is 2. The van der Waals surface area contributed by atoms with Gasteiger partial charge in [-0.2, -0.15) is 0 Å². The molecular weight excluding hydrogens is 476 g/mol. The molecule has 0 bridgehead atoms. The minimum Gasteiger partial charge on any atom is -0.497 e. The molecule has 2 aromatic heterocycles. The topological polar surface area (TPSA) is 93.7 Å². The van der Waals surface area contributed by atoms with Crippen LogP contribution in [0.5, 0.6) is 5.75 Å². The van der Waals surface area contributed by atoms with Crippen LogP contribution >= 0.6 is 22.9 Å². The molecule has 8 nitrogen and oxygen atoms in total. The number of piperidine rings is 1. The van der Waals surface area contributed by atoms with Gasteiger partial charge in [0.2, 0.25) is 0 Å². The fourth-order valence-electron chi connectivity index (χ4n) is 3.77. The van der Waals surface area contributed by atoms with Gasteiger partial charge in [-0.15, -0.1) is 11.3 Å². The van der Waals surface area contributed by atoms with Crippen molar-refractivity contribution in [1.82, 2.24) is 9.97 Å². The lowest BCUT2D eigenvalue weighted by molar-refractivity contribution is -0.148. The summed E-state index contributed by atoms with van der Waals surface area (Å²) in [5.74, 6) is 0.796. The average molecular weight is 501 g/mol. The number of hydrogen-bond acceptors (Lipinski definition) is 8. The van der Waals surface area contributed by atoms with E-state index >= 15 is 0 Å². The molecule has 1 aliphatic heterocycles. The number of anilines is 2. The number of methoxy groups -OCH3 is 1. The van der Waals surface area contributed by atoms with E-state index in [1.807, 2.05) is 41.5 Å². The number of aromatic nitrogens is 2. The second-order valence-corrected chi connectivity index (χ2v) is 9.03. The van der Waals surface area contributed by atoms with Gasteiger partial charge >= 0.3 is 5.97 Å². The zero-order chi connectivity index (χ0) is 24.1. The number of amides is 1. The fraction of sp³-hybridized carbons (Fsp3) is 0.333. The van der Waals surface area contributed by atoms with E-state index in [9.17, 15) is 9.59 Å². The van der Waals surface area contributed by atoms with Gasteiger partial charge in [-0.05, 0) is 50.1 Å². The van der Waals surface area contributed by atoms with Gasteiger partial charge in [-0.1, -0.05) is 11.6 Å². The van der Waals surface area contributed by atoms with Crippen molar-refractivity contribution in [3.05, 3.63) is 52.5 Å². The lowest BCUT2D eigenvalue weighted by atomic mass is 9.97. The van der Waals surface area contributed by atoms with Crippen LogP contribution in [0.4, 0.5) is 10.9 Å². The van der Waals surface area contributed by atoms with Gasteiger partial charge in [-0.25, -0.2) is 9.97 Å². The molecule has 34 heavy (non-hydrogen) atoms. The number of nitrogens with one attached hydrogen (secondary N) is 1. The number of rotatable bonds is 7. The Kier molecular flexibility index (Phi) is 7.64. The third-order valence-electron chi connectivity index (χ3n) is 5.61. The van der Waals surface area contributed by atoms with Crippen molar-refractivity contribution in [1.29, 1.82) is 0 Å². The van der Waals surface area contributed by atoms with Crippen LogP contribution < -0.4 is 15.0 Å². The number of esters is 1. The van der Waals surface area contributed by atoms with Crippen LogP contribution in [-0.2, 0) is 9.53 Å². The van der Waals surface area contributed by atoms with Crippen LogP contribution in [0.15, 0.2) is 41.9 Å². The molecule has 0 spiro atoms. The highest BCUT2D eigenvalue weighted by Crippen LogP contribution is 2.30. The minimum absolute atomic E-state index is 0.0962. The first-order valence-electron chi connectivity index (χ1n) is 11.0. The summed E-state index contributed by atoms with van der Waals surface area (Å²) in [6.45, 7) is 3.49. The number of ether oxygens (including phenoxy) is 2. The summed E-state index contributed by atoms with van der Waals surface area (Å²) in [7, 11) is 1.62. The van der Waals surface area contributed by atoms with Crippen molar-refractivity contribution < 1.29 is 19.1 Å². The highest BCUT2D eigenvalue weighted by Gasteiger charge is 2.27. The smallest absolute Gasteiger partial charge is 0.309 e. The summed E-state index contributed by atoms with van der Waals surface area (Å²) in [4.78, 5) is 35.6. The molecule has 1 saturated heterocycles. The van der Waals surface area contributed by atoms with E-state index in [2.05, 4.69) is 15.3 Å². The predicted molar refractivity (Wildman–Crippen MR) is 133 cm³/mol. The number of nitrogens with zero attached hydrogens (tertiary/aromatic N) is 3. The summed E-state index contributed by atoms with van der Waals surface area (Å²) in [5.41, 5.74) is 2.04. The Balaban J connectivity index is 1.38. The van der Waals surface area contributed by atoms with Gasteiger partial charge in [0.25, 0.3) is 5.91 Å². The zero-order valence-electron chi connectivity index (χ0n) is 18.9. The number of halogens is 1. The number of thiazole rings is 1. The second kappa shape index (κ2) is 10.8. The molecule has 0 radical (unpaired) electrons. The van der Waals surface area contributed by atoms with E-state index in [0.29, 0.717) is 54.1 Å². The van der Waals surface area contributed by atoms with Gasteiger partial charge in [0.1, 0.15) is 11.6 Å². The van der Waals surface area contributed by atoms with Crippen molar-refractivity contribution >= 4 is 45.8 Å². The normalized spacial score (nSPS) is 14.0. The van der Waals surface area contributed by atoms with E-state index in [1.54, 1.807) is 13.2 Å². The molecule has 3 aromatic rings. The summed E-state index contributed by atoms with van der Waals surface area (Å²) < 4.78 is 10.3. The van der Waals surface area contributed by atoms with Crippen molar-refractivity contribution in [3.63, 3.8) is 0 Å². The van der Waals surface area contributed by atoms with Crippen LogP contribution in [0.2, 0.25) is 5.02 Å². The Morgan fingerprint density at radius 1 is 1.24 bits per heavy atom. The van der Waals surface area contributed by atoms with E-state index in [0.717, 1.165) is 17.0 Å². The lowest BCUT2D eigenvalue weighted by Crippen LogP contribution is -2.37. The maximum Gasteiger partial charge on any atom is 0.309 e. The van der Waals surface area contributed by atoms with Crippen LogP contribution in [0, 0.1) is 5.92 Å². The van der Waals surface area contributed by atoms with Gasteiger partial charge in [-0.3, -0.25) is 14.9 Å². The second-order valence-electron chi connectivity index (χ2n) is 7.76. The van der Waals surface area contributed by atoms with E-state index < -0.39 is 0 Å². The molecule has 0 unspecified atom stereocenters. The summed E-state index contributed by atoms with van der Waals surface area (Å²) in [6.07, 6.45) is 2.87. The van der Waals surface area contributed by atoms with Crippen molar-refractivity contribution in [2.75, 3.05) is 37.0 Å². The largest absolute Gasteiger partial charge is 0.497 e. The quantitative estimate of drug-likeness (QED) is 0.461. The number of pyridine rings is 1. The van der Waals surface area contributed by atoms with Crippen LogP contribution in [0.25, 0.3) is 11.3 Å². The fourth-order valence-corrected chi connectivity index (χ4v) is 4.77. The molecule has 0 aliphatic carbocycles. The average Bonchev–Trinajstić information content (AvgIpc) is 3.32. The Bertz CT molecular complexity index is 1160. The van der Waals surface area contributed by atoms with E-state index in [-0.39, 0.29) is 17.8 Å². The molecule has 10 heteroatoms. The summed E-state index contributed by atoms with van der Waals surface area (Å²) in [5, 5.41) is 5.56. The molecule has 1 N–H and O–H groups in total. The number of hydrogen-bond donors (Lipinski definition) is 1. The van der Waals surface area contributed by atoms with E-state index in [4.69, 9.17) is 21.1 Å². The molecule has 1 aliphatic rings. The third kappa shape index (κ3) is 5.48. The first-order chi connectivity index (χ1) is 16.5. The van der Waals surface area contributed by atoms with Gasteiger partial charge < -0.3 is 14.4 Å². The molecule has 1 aromatic carbocycles. The van der Waals surface area contributed by atoms with Crippen LogP contribution in [-0.4, -0.2) is 48.7 Å². The zero-order valence-corrected chi connectivity index (χ0v) is 20.5. The first kappa shape index (κ1) is 24.0. The Morgan fingerprint density at radius 3 is 2.62 bits per heavy atom. The van der Waals surface area contributed by atoms with Gasteiger partial charge in [0, 0.05) is 30.2 Å². The summed E-state index contributed by atoms with van der Waals surface area (Å²) in [6, 6.07) is 9.16. The molecular formula is C24H25ClN4O4S. The number of carbonyl (C=O) groups is 2. The molecule has 178 valence electrons. The molecule has 0 atom stereocenters. The highest BCUT2D eigenvalue weighted by atomic mass is 35.5. The Hall–Kier alpha value is -3.17. The molecule has 3 heterocycles. The van der Waals surface area contributed by atoms with Crippen LogP contribution in [0.1, 0.15) is 30.1 Å². The standard InChI is InChI=1S/C24H25ClN4O4S/c1-3-33-23(31)16-8-10-29(11-9-16)21-19(25)12-17(13-26-21)22(30)28-24-27-20(14-34-24)15-4-6-18(32-2)7-5-15/h4-7,12-14,16H,3,8-11H2,1-2H3,(H,27,28,30). The number of benzene rings is 1. The molecule has 1 amide bonds. The third-order valence-corrected chi connectivity index (χ3v) is 6.64. The monoisotopic (exact) mass is 500 g/mol. The highest BCUT2D eigenvalue weighted by molar-refractivity contribution is 7.14. The Labute approximate surface area is 206 Å². The van der Waals surface area contributed by atoms with Gasteiger partial charge in [0.05, 0.1) is 35.9 Å². The van der Waals surface area contributed by atoms with Gasteiger partial charge in [0.15, 0.2) is 5.13 Å². The van der Waals surface area contributed by atoms with Crippen LogP contribution in [0.3, 0.4) is 0 Å². The lowest BCUT2D eigenvalue weighted by Gasteiger charge is -2.32. The Morgan fingerprint density at radius 2 is 1.97 bits per heavy atom. The van der Waals surface area contributed by atoms with E-state index in [1.165, 1.54) is 17.5 Å². The molecule has 4 rings (SSSR count). The minimum atomic E-state index is -0.336. The van der Waals surface area contributed by atoms with Crippen molar-refractivity contribution in [2.45, 2.75) is 19.8 Å². The first-order valence-corrected chi connectivity index (χ1v) is 12.2. The SMILES string of the molecule is CCOC(=O)C1CCN(c2ncc(C(=O)Nc3nc(-c4ccc(OC)cc4)cs3)cc2Cl)CC1. The summed E-state index contributed by atoms with van der Waals surface area (Å²) >= 11 is 7.81. The van der Waals surface area contributed by atoms with Crippen molar-refractivity contribution in [2.24, 2.45) is 5.92 Å². The molecule has 0 saturated carbocycles. The maximum absolute atomic E-state index is 12.7. The van der Waals surface area contributed by atoms with Crippen molar-refractivity contribution in [3.8, 4) is 17.0 Å². The molecule has 1 fully saturated rings. The maximum atomic E-state index is 12.7. The predicted octanol–water partition coefficient (Wildman–Crippen LogP) is 4.90.